The van der Waals surface area contributed by atoms with Crippen LogP contribution >= 0.6 is 0 Å². The molecule has 0 atom stereocenters. The van der Waals surface area contributed by atoms with Crippen molar-refractivity contribution in [3.05, 3.63) is 103 Å². The molecular formula is C32H35F7O4. The second-order valence-electron chi connectivity index (χ2n) is 9.77. The third kappa shape index (κ3) is 13.2. The molecule has 0 fully saturated rings. The van der Waals surface area contributed by atoms with E-state index in [2.05, 4.69) is 6.92 Å². The van der Waals surface area contributed by atoms with Crippen LogP contribution in [0.15, 0.2) is 36.4 Å². The molecule has 0 saturated heterocycles. The third-order valence-corrected chi connectivity index (χ3v) is 6.44. The summed E-state index contributed by atoms with van der Waals surface area (Å²) in [5.41, 5.74) is 8.21. The number of aromatic carboxylic acids is 1. The van der Waals surface area contributed by atoms with Crippen LogP contribution < -0.4 is 0 Å². The second kappa shape index (κ2) is 17.2. The highest BCUT2D eigenvalue weighted by molar-refractivity contribution is 5.91. The van der Waals surface area contributed by atoms with E-state index < -0.39 is 31.3 Å². The number of aryl methyl sites for hydroxylation is 6. The van der Waals surface area contributed by atoms with E-state index in [1.165, 1.54) is 42.7 Å². The van der Waals surface area contributed by atoms with Gasteiger partial charge < -0.3 is 5.11 Å². The van der Waals surface area contributed by atoms with Crippen LogP contribution in [-0.2, 0) is 4.79 Å². The van der Waals surface area contributed by atoms with Gasteiger partial charge in [-0.15, -0.1) is 0 Å². The van der Waals surface area contributed by atoms with Gasteiger partial charge in [-0.05, 0) is 124 Å². The Bertz CT molecular complexity index is 1340. The highest BCUT2D eigenvalue weighted by Crippen LogP contribution is 2.25. The van der Waals surface area contributed by atoms with Crippen LogP contribution in [0, 0.1) is 55.4 Å². The van der Waals surface area contributed by atoms with Crippen molar-refractivity contribution in [3.63, 3.8) is 0 Å². The molecular weight excluding hydrogens is 581 g/mol. The zero-order valence-corrected chi connectivity index (χ0v) is 25.1. The lowest BCUT2D eigenvalue weighted by atomic mass is 9.99. The number of hydrogen-bond donors (Lipinski definition) is 1. The molecule has 1 N–H and O–H groups in total. The number of halogens is 7. The Morgan fingerprint density at radius 3 is 1.14 bits per heavy atom. The zero-order chi connectivity index (χ0) is 33.8. The van der Waals surface area contributed by atoms with E-state index in [0.29, 0.717) is 11.1 Å². The van der Waals surface area contributed by atoms with Gasteiger partial charge in [-0.2, -0.15) is 13.2 Å². The predicted octanol–water partition coefficient (Wildman–Crippen LogP) is 9.66. The Hall–Kier alpha value is -4.02. The summed E-state index contributed by atoms with van der Waals surface area (Å²) in [6.45, 7) is 14.8. The molecule has 0 heterocycles. The number of rotatable bonds is 4. The number of carbonyl (C=O) groups is 3. The number of carboxylic acid groups (broad SMARTS) is 1. The predicted molar refractivity (Wildman–Crippen MR) is 152 cm³/mol. The van der Waals surface area contributed by atoms with Crippen LogP contribution in [0.3, 0.4) is 0 Å². The molecule has 236 valence electrons. The van der Waals surface area contributed by atoms with Gasteiger partial charge in [-0.25, -0.2) is 22.4 Å². The van der Waals surface area contributed by atoms with Gasteiger partial charge in [0.05, 0.1) is 5.56 Å². The number of alkyl halides is 7. The van der Waals surface area contributed by atoms with E-state index in [1.54, 1.807) is 12.1 Å². The Kier molecular flexibility index (Phi) is 15.6. The molecule has 0 spiro atoms. The second-order valence-corrected chi connectivity index (χ2v) is 9.77. The fourth-order valence-electron chi connectivity index (χ4n) is 3.79. The summed E-state index contributed by atoms with van der Waals surface area (Å²) in [7, 11) is 0. The van der Waals surface area contributed by atoms with Crippen molar-refractivity contribution >= 4 is 18.5 Å². The minimum absolute atomic E-state index is 0.106. The highest BCUT2D eigenvalue weighted by atomic mass is 19.4. The lowest BCUT2D eigenvalue weighted by Crippen LogP contribution is -2.07. The Morgan fingerprint density at radius 1 is 0.628 bits per heavy atom. The van der Waals surface area contributed by atoms with Crippen LogP contribution in [0.4, 0.5) is 30.7 Å². The molecule has 0 aromatic heterocycles. The van der Waals surface area contributed by atoms with Crippen LogP contribution in [0.1, 0.15) is 89.2 Å². The molecule has 0 unspecified atom stereocenters. The van der Waals surface area contributed by atoms with Crippen LogP contribution in [0.5, 0.6) is 0 Å². The fraction of sp³-hybridized carbons (Fsp3) is 0.344. The monoisotopic (exact) mass is 616 g/mol. The molecule has 3 rings (SSSR count). The van der Waals surface area contributed by atoms with Gasteiger partial charge in [0.2, 0.25) is 6.29 Å². The average molecular weight is 617 g/mol. The number of aldehydes is 2. The number of carbonyl (C=O) groups excluding carboxylic acids is 2. The molecule has 0 saturated carbocycles. The topological polar surface area (TPSA) is 71.4 Å². The Labute approximate surface area is 246 Å². The van der Waals surface area contributed by atoms with Crippen molar-refractivity contribution in [1.82, 2.24) is 0 Å². The van der Waals surface area contributed by atoms with Crippen LogP contribution in [-0.4, -0.2) is 29.8 Å². The minimum Gasteiger partial charge on any atom is -0.478 e. The molecule has 0 amide bonds. The summed E-state index contributed by atoms with van der Waals surface area (Å²) >= 11 is 0. The van der Waals surface area contributed by atoms with Crippen molar-refractivity contribution in [1.29, 1.82) is 0 Å². The molecule has 0 aliphatic carbocycles. The van der Waals surface area contributed by atoms with E-state index >= 15 is 0 Å². The summed E-state index contributed by atoms with van der Waals surface area (Å²) in [5.74, 6) is -1.08. The number of hydrogen-bond acceptors (Lipinski definition) is 3. The Morgan fingerprint density at radius 2 is 0.907 bits per heavy atom. The number of carboxylic acids is 1. The molecule has 0 aliphatic heterocycles. The summed E-state index contributed by atoms with van der Waals surface area (Å²) in [6.07, 6.45) is -9.73. The third-order valence-electron chi connectivity index (χ3n) is 6.44. The molecule has 0 radical (unpaired) electrons. The first-order valence-electron chi connectivity index (χ1n) is 12.7. The van der Waals surface area contributed by atoms with E-state index in [-0.39, 0.29) is 16.7 Å². The van der Waals surface area contributed by atoms with E-state index in [4.69, 9.17) is 9.90 Å². The van der Waals surface area contributed by atoms with Gasteiger partial charge in [-0.1, -0.05) is 12.1 Å². The zero-order valence-electron chi connectivity index (χ0n) is 25.1. The molecule has 3 aromatic rings. The van der Waals surface area contributed by atoms with Crippen molar-refractivity contribution in [2.45, 2.75) is 74.4 Å². The quantitative estimate of drug-likeness (QED) is 0.234. The maximum Gasteiger partial charge on any atom is 0.446 e. The van der Waals surface area contributed by atoms with Gasteiger partial charge in [0.15, 0.2) is 0 Å². The number of benzene rings is 3. The average Bonchev–Trinajstić information content (AvgIpc) is 2.89. The van der Waals surface area contributed by atoms with Crippen LogP contribution in [0.25, 0.3) is 0 Å². The molecule has 11 heteroatoms. The first-order chi connectivity index (χ1) is 19.7. The van der Waals surface area contributed by atoms with E-state index in [1.807, 2.05) is 46.8 Å². The van der Waals surface area contributed by atoms with Crippen molar-refractivity contribution < 1.29 is 50.2 Å². The highest BCUT2D eigenvalue weighted by Gasteiger charge is 2.25. The first kappa shape index (κ1) is 39.0. The molecule has 0 aliphatic rings. The summed E-state index contributed by atoms with van der Waals surface area (Å²) in [4.78, 5) is 29.9. The van der Waals surface area contributed by atoms with Crippen LogP contribution in [0.2, 0.25) is 0 Å². The standard InChI is InChI=1S/C10H10F2O2.C10H12F2.C10H12O.C2HF3O/c1-5-3-7(9(11)12)4-6(2)8(5)10(13)14;1-6-4-9(10(11)12)5-7(2)8(6)3;1-7-4-10(6-11)5-8(2)9(7)3;3-2(4,5)1-6/h3-4,9H,1-2H3,(H,13,14);4-5,10H,1-3H3;4-6H,1-3H3;1H. The lowest BCUT2D eigenvalue weighted by molar-refractivity contribution is -0.156. The summed E-state index contributed by atoms with van der Waals surface area (Å²) < 4.78 is 80.4. The van der Waals surface area contributed by atoms with Gasteiger partial charge in [0, 0.05) is 16.7 Å². The largest absolute Gasteiger partial charge is 0.478 e. The SMILES string of the molecule is Cc1cc(C(F)F)cc(C)c1C.Cc1cc(C(F)F)cc(C)c1C(=O)O.Cc1cc(C=O)cc(C)c1C.O=CC(F)(F)F. The van der Waals surface area contributed by atoms with E-state index in [0.717, 1.165) is 28.5 Å². The van der Waals surface area contributed by atoms with Gasteiger partial charge >= 0.3 is 12.1 Å². The minimum atomic E-state index is -4.64. The first-order valence-corrected chi connectivity index (χ1v) is 12.7. The maximum absolute atomic E-state index is 12.3. The van der Waals surface area contributed by atoms with Gasteiger partial charge in [0.25, 0.3) is 12.9 Å². The molecule has 43 heavy (non-hydrogen) atoms. The lowest BCUT2D eigenvalue weighted by Gasteiger charge is -2.08. The van der Waals surface area contributed by atoms with Gasteiger partial charge in [0.1, 0.15) is 6.29 Å². The Balaban J connectivity index is 0.000000566. The van der Waals surface area contributed by atoms with Crippen molar-refractivity contribution in [2.24, 2.45) is 0 Å². The summed E-state index contributed by atoms with van der Waals surface area (Å²) in [5, 5.41) is 8.79. The molecule has 0 bridgehead atoms. The molecule has 3 aromatic carbocycles. The van der Waals surface area contributed by atoms with Crippen molar-refractivity contribution in [3.8, 4) is 0 Å². The smallest absolute Gasteiger partial charge is 0.446 e. The van der Waals surface area contributed by atoms with Crippen molar-refractivity contribution in [2.75, 3.05) is 0 Å². The summed E-state index contributed by atoms with van der Waals surface area (Å²) in [6, 6.07) is 9.34. The normalized spacial score (nSPS) is 10.5. The maximum atomic E-state index is 12.3. The fourth-order valence-corrected chi connectivity index (χ4v) is 3.79. The van der Waals surface area contributed by atoms with E-state index in [9.17, 15) is 40.3 Å². The molecule has 4 nitrogen and oxygen atoms in total. The van der Waals surface area contributed by atoms with Gasteiger partial charge in [-0.3, -0.25) is 9.59 Å².